The third kappa shape index (κ3) is 4.44. The van der Waals surface area contributed by atoms with Crippen LogP contribution in [0.3, 0.4) is 0 Å². The van der Waals surface area contributed by atoms with E-state index in [9.17, 15) is 5.26 Å². The second-order valence-electron chi connectivity index (χ2n) is 6.62. The third-order valence-corrected chi connectivity index (χ3v) is 4.33. The zero-order valence-corrected chi connectivity index (χ0v) is 16.5. The minimum Gasteiger partial charge on any atom is -0.497 e. The van der Waals surface area contributed by atoms with Crippen molar-refractivity contribution in [1.29, 1.82) is 5.26 Å². The van der Waals surface area contributed by atoms with Crippen molar-refractivity contribution in [2.75, 3.05) is 12.4 Å². The summed E-state index contributed by atoms with van der Waals surface area (Å²) in [5.74, 6) is 2.31. The van der Waals surface area contributed by atoms with Gasteiger partial charge in [-0.25, -0.2) is 0 Å². The first-order chi connectivity index (χ1) is 13.5. The average Bonchev–Trinajstić information content (AvgIpc) is 3.08. The number of aromatic nitrogens is 1. The Morgan fingerprint density at radius 3 is 2.39 bits per heavy atom. The van der Waals surface area contributed by atoms with Gasteiger partial charge in [-0.1, -0.05) is 29.8 Å². The molecule has 1 aromatic heterocycles. The van der Waals surface area contributed by atoms with Crippen molar-refractivity contribution < 1.29 is 13.9 Å². The van der Waals surface area contributed by atoms with Crippen molar-refractivity contribution in [1.82, 2.24) is 4.98 Å². The third-order valence-electron chi connectivity index (χ3n) is 4.33. The first kappa shape index (κ1) is 19.3. The monoisotopic (exact) mass is 377 g/mol. The van der Waals surface area contributed by atoms with Gasteiger partial charge in [-0.05, 0) is 49.6 Å². The van der Waals surface area contributed by atoms with Gasteiger partial charge in [0.05, 0.1) is 7.11 Å². The molecule has 0 spiro atoms. The molecule has 0 bridgehead atoms. The molecule has 3 aromatic rings. The standard InChI is InChI=1S/C22H23N3O3/c1-14-9-15(2)21(16(3)10-14)27-13-20-25-19(11-23)22(28-20)24-12-17-5-7-18(26-4)8-6-17/h5-10,24H,12-13H2,1-4H3. The van der Waals surface area contributed by atoms with Crippen LogP contribution in [0.15, 0.2) is 40.8 Å². The summed E-state index contributed by atoms with van der Waals surface area (Å²) in [6.07, 6.45) is 0. The van der Waals surface area contributed by atoms with Crippen LogP contribution in [0.4, 0.5) is 5.88 Å². The molecule has 0 saturated heterocycles. The van der Waals surface area contributed by atoms with Gasteiger partial charge in [0.1, 0.15) is 17.6 Å². The van der Waals surface area contributed by atoms with E-state index in [1.807, 2.05) is 38.1 Å². The zero-order chi connectivity index (χ0) is 20.1. The lowest BCUT2D eigenvalue weighted by Gasteiger charge is -2.11. The van der Waals surface area contributed by atoms with E-state index in [4.69, 9.17) is 13.9 Å². The molecule has 0 aliphatic rings. The molecule has 28 heavy (non-hydrogen) atoms. The smallest absolute Gasteiger partial charge is 0.236 e. The molecular weight excluding hydrogens is 354 g/mol. The lowest BCUT2D eigenvalue weighted by atomic mass is 10.1. The number of nitriles is 1. The van der Waals surface area contributed by atoms with Crippen LogP contribution in [-0.4, -0.2) is 12.1 Å². The summed E-state index contributed by atoms with van der Waals surface area (Å²) >= 11 is 0. The van der Waals surface area contributed by atoms with Crippen molar-refractivity contribution in [3.63, 3.8) is 0 Å². The molecule has 3 rings (SSSR count). The Balaban J connectivity index is 1.67. The number of hydrogen-bond donors (Lipinski definition) is 1. The van der Waals surface area contributed by atoms with Gasteiger partial charge in [-0.15, -0.1) is 0 Å². The molecule has 0 aliphatic heterocycles. The fraction of sp³-hybridized carbons (Fsp3) is 0.273. The van der Waals surface area contributed by atoms with Gasteiger partial charge in [0.25, 0.3) is 0 Å². The molecular formula is C22H23N3O3. The number of aryl methyl sites for hydroxylation is 3. The topological polar surface area (TPSA) is 80.3 Å². The second-order valence-corrected chi connectivity index (χ2v) is 6.62. The molecule has 1 N–H and O–H groups in total. The van der Waals surface area contributed by atoms with Crippen molar-refractivity contribution in [2.24, 2.45) is 0 Å². The van der Waals surface area contributed by atoms with Crippen molar-refractivity contribution in [2.45, 2.75) is 33.9 Å². The fourth-order valence-corrected chi connectivity index (χ4v) is 3.08. The number of anilines is 1. The fourth-order valence-electron chi connectivity index (χ4n) is 3.08. The molecule has 1 heterocycles. The minimum absolute atomic E-state index is 0.156. The Kier molecular flexibility index (Phi) is 5.85. The van der Waals surface area contributed by atoms with Gasteiger partial charge >= 0.3 is 0 Å². The minimum atomic E-state index is 0.156. The van der Waals surface area contributed by atoms with E-state index < -0.39 is 0 Å². The molecule has 0 radical (unpaired) electrons. The maximum atomic E-state index is 9.33. The summed E-state index contributed by atoms with van der Waals surface area (Å²) < 4.78 is 16.8. The normalized spacial score (nSPS) is 10.4. The maximum absolute atomic E-state index is 9.33. The molecule has 0 fully saturated rings. The molecule has 6 nitrogen and oxygen atoms in total. The van der Waals surface area contributed by atoms with Gasteiger partial charge in [0, 0.05) is 6.54 Å². The van der Waals surface area contributed by atoms with E-state index in [1.165, 1.54) is 5.56 Å². The van der Waals surface area contributed by atoms with E-state index in [-0.39, 0.29) is 12.3 Å². The van der Waals surface area contributed by atoms with E-state index >= 15 is 0 Å². The van der Waals surface area contributed by atoms with E-state index in [2.05, 4.69) is 35.4 Å². The number of ether oxygens (including phenoxy) is 2. The number of rotatable bonds is 7. The first-order valence-electron chi connectivity index (χ1n) is 8.97. The molecule has 0 saturated carbocycles. The van der Waals surface area contributed by atoms with E-state index in [0.29, 0.717) is 18.3 Å². The summed E-state index contributed by atoms with van der Waals surface area (Å²) in [6, 6.07) is 13.9. The van der Waals surface area contributed by atoms with Crippen LogP contribution in [0.1, 0.15) is 33.8 Å². The van der Waals surface area contributed by atoms with E-state index in [0.717, 1.165) is 28.2 Å². The number of benzene rings is 2. The van der Waals surface area contributed by atoms with E-state index in [1.54, 1.807) is 7.11 Å². The summed E-state index contributed by atoms with van der Waals surface area (Å²) in [5, 5.41) is 12.5. The number of nitrogens with one attached hydrogen (secondary N) is 1. The van der Waals surface area contributed by atoms with Crippen molar-refractivity contribution >= 4 is 5.88 Å². The van der Waals surface area contributed by atoms with Gasteiger partial charge < -0.3 is 19.2 Å². The Morgan fingerprint density at radius 2 is 1.79 bits per heavy atom. The van der Waals surface area contributed by atoms with Gasteiger partial charge in [-0.2, -0.15) is 10.2 Å². The average molecular weight is 377 g/mol. The molecule has 0 amide bonds. The number of hydrogen-bond acceptors (Lipinski definition) is 6. The van der Waals surface area contributed by atoms with Crippen LogP contribution in [0.5, 0.6) is 11.5 Å². The zero-order valence-electron chi connectivity index (χ0n) is 16.5. The molecule has 6 heteroatoms. The largest absolute Gasteiger partial charge is 0.497 e. The SMILES string of the molecule is COc1ccc(CNc2oc(COc3c(C)cc(C)cc3C)nc2C#N)cc1. The van der Waals surface area contributed by atoms with Gasteiger partial charge in [0.15, 0.2) is 6.61 Å². The summed E-state index contributed by atoms with van der Waals surface area (Å²) in [5.41, 5.74) is 4.55. The Morgan fingerprint density at radius 1 is 1.11 bits per heavy atom. The lowest BCUT2D eigenvalue weighted by Crippen LogP contribution is -2.00. The molecule has 144 valence electrons. The highest BCUT2D eigenvalue weighted by atomic mass is 16.5. The van der Waals surface area contributed by atoms with Gasteiger partial charge in [-0.3, -0.25) is 0 Å². The van der Waals surface area contributed by atoms with Crippen LogP contribution in [0.2, 0.25) is 0 Å². The maximum Gasteiger partial charge on any atom is 0.236 e. The predicted octanol–water partition coefficient (Wildman–Crippen LogP) is 4.67. The highest BCUT2D eigenvalue weighted by Crippen LogP contribution is 2.26. The summed E-state index contributed by atoms with van der Waals surface area (Å²) in [4.78, 5) is 4.23. The van der Waals surface area contributed by atoms with Crippen LogP contribution in [-0.2, 0) is 13.2 Å². The lowest BCUT2D eigenvalue weighted by molar-refractivity contribution is 0.261. The molecule has 2 aromatic carbocycles. The number of oxazole rings is 1. The summed E-state index contributed by atoms with van der Waals surface area (Å²) in [6.45, 7) is 6.73. The van der Waals surface area contributed by atoms with Crippen molar-refractivity contribution in [3.05, 3.63) is 70.2 Å². The number of nitrogens with zero attached hydrogens (tertiary/aromatic N) is 2. The van der Waals surface area contributed by atoms with Gasteiger partial charge in [0.2, 0.25) is 17.5 Å². The van der Waals surface area contributed by atoms with Crippen LogP contribution >= 0.6 is 0 Å². The Hall–Kier alpha value is -3.46. The van der Waals surface area contributed by atoms with Crippen LogP contribution in [0.25, 0.3) is 0 Å². The first-order valence-corrected chi connectivity index (χ1v) is 8.97. The highest BCUT2D eigenvalue weighted by Gasteiger charge is 2.14. The Labute approximate surface area is 164 Å². The Bertz CT molecular complexity index is 978. The van der Waals surface area contributed by atoms with Crippen LogP contribution < -0.4 is 14.8 Å². The molecule has 0 aliphatic carbocycles. The van der Waals surface area contributed by atoms with Crippen LogP contribution in [0, 0.1) is 32.1 Å². The quantitative estimate of drug-likeness (QED) is 0.644. The second kappa shape index (κ2) is 8.49. The highest BCUT2D eigenvalue weighted by molar-refractivity contribution is 5.46. The summed E-state index contributed by atoms with van der Waals surface area (Å²) in [7, 11) is 1.63. The molecule has 0 unspecified atom stereocenters. The van der Waals surface area contributed by atoms with Crippen molar-refractivity contribution in [3.8, 4) is 17.6 Å². The predicted molar refractivity (Wildman–Crippen MR) is 107 cm³/mol. The number of methoxy groups -OCH3 is 1. The molecule has 0 atom stereocenters.